The van der Waals surface area contributed by atoms with Gasteiger partial charge in [-0.25, -0.2) is 0 Å². The first-order chi connectivity index (χ1) is 8.09. The average molecular weight is 227 g/mol. The fourth-order valence-electron chi connectivity index (χ4n) is 1.98. The maximum Gasteiger partial charge on any atom is 0.104 e. The molecule has 2 aromatic rings. The fourth-order valence-corrected chi connectivity index (χ4v) is 1.98. The molecule has 0 fully saturated rings. The lowest BCUT2D eigenvalue weighted by Gasteiger charge is -2.16. The van der Waals surface area contributed by atoms with E-state index in [0.717, 1.165) is 16.7 Å². The predicted octanol–water partition coefficient (Wildman–Crippen LogP) is 2.97. The average Bonchev–Trinajstić information content (AvgIpc) is 2.32. The molecule has 1 atom stereocenters. The van der Waals surface area contributed by atoms with Gasteiger partial charge in [0.1, 0.15) is 6.10 Å². The number of benzene rings is 2. The van der Waals surface area contributed by atoms with E-state index in [2.05, 4.69) is 0 Å². The van der Waals surface area contributed by atoms with Crippen molar-refractivity contribution in [2.45, 2.75) is 20.0 Å². The van der Waals surface area contributed by atoms with E-state index in [1.54, 1.807) is 0 Å². The van der Waals surface area contributed by atoms with Crippen LogP contribution in [0.4, 0.5) is 5.69 Å². The summed E-state index contributed by atoms with van der Waals surface area (Å²) in [5, 5.41) is 10.4. The lowest BCUT2D eigenvalue weighted by molar-refractivity contribution is 0.219. The molecule has 0 aliphatic rings. The summed E-state index contributed by atoms with van der Waals surface area (Å²) in [6, 6.07) is 13.3. The highest BCUT2D eigenvalue weighted by Crippen LogP contribution is 2.27. The molecule has 0 saturated carbocycles. The van der Waals surface area contributed by atoms with Crippen molar-refractivity contribution in [3.8, 4) is 0 Å². The van der Waals surface area contributed by atoms with Crippen LogP contribution in [-0.2, 0) is 0 Å². The van der Waals surface area contributed by atoms with Crippen LogP contribution in [0.5, 0.6) is 0 Å². The van der Waals surface area contributed by atoms with Gasteiger partial charge in [-0.05, 0) is 48.2 Å². The van der Waals surface area contributed by atoms with Gasteiger partial charge in [-0.15, -0.1) is 0 Å². The number of hydrogen-bond donors (Lipinski definition) is 2. The third-order valence-corrected chi connectivity index (χ3v) is 3.17. The number of rotatable bonds is 2. The van der Waals surface area contributed by atoms with Crippen LogP contribution in [0.2, 0.25) is 0 Å². The molecule has 3 N–H and O–H groups in total. The van der Waals surface area contributed by atoms with Gasteiger partial charge in [-0.3, -0.25) is 0 Å². The van der Waals surface area contributed by atoms with Crippen molar-refractivity contribution < 1.29 is 5.11 Å². The van der Waals surface area contributed by atoms with E-state index >= 15 is 0 Å². The molecule has 0 amide bonds. The van der Waals surface area contributed by atoms with Crippen molar-refractivity contribution in [3.63, 3.8) is 0 Å². The fraction of sp³-hybridized carbons (Fsp3) is 0.200. The highest BCUT2D eigenvalue weighted by Gasteiger charge is 2.13. The van der Waals surface area contributed by atoms with Crippen LogP contribution >= 0.6 is 0 Å². The second kappa shape index (κ2) is 4.60. The van der Waals surface area contributed by atoms with Crippen LogP contribution in [0.1, 0.15) is 28.4 Å². The maximum atomic E-state index is 10.4. The van der Waals surface area contributed by atoms with Gasteiger partial charge < -0.3 is 10.8 Å². The van der Waals surface area contributed by atoms with Crippen LogP contribution in [0, 0.1) is 13.8 Å². The topological polar surface area (TPSA) is 46.2 Å². The molecule has 17 heavy (non-hydrogen) atoms. The third kappa shape index (κ3) is 2.32. The number of hydrogen-bond acceptors (Lipinski definition) is 2. The molecule has 2 heteroatoms. The monoisotopic (exact) mass is 227 g/mol. The Kier molecular flexibility index (Phi) is 3.16. The Labute approximate surface area is 102 Å². The third-order valence-electron chi connectivity index (χ3n) is 3.17. The SMILES string of the molecule is Cc1cccc(C(O)c2cccc(N)c2)c1C. The molecule has 0 bridgehead atoms. The van der Waals surface area contributed by atoms with Gasteiger partial charge in [0.15, 0.2) is 0 Å². The molecule has 88 valence electrons. The molecule has 0 spiro atoms. The van der Waals surface area contributed by atoms with Crippen molar-refractivity contribution in [2.24, 2.45) is 0 Å². The molecule has 2 aromatic carbocycles. The Bertz CT molecular complexity index is 534. The van der Waals surface area contributed by atoms with E-state index in [1.807, 2.05) is 56.3 Å². The summed E-state index contributed by atoms with van der Waals surface area (Å²) in [7, 11) is 0. The van der Waals surface area contributed by atoms with E-state index in [-0.39, 0.29) is 0 Å². The molecular weight excluding hydrogens is 210 g/mol. The number of aliphatic hydroxyl groups is 1. The van der Waals surface area contributed by atoms with Gasteiger partial charge in [0.25, 0.3) is 0 Å². The molecular formula is C15H17NO. The summed E-state index contributed by atoms with van der Waals surface area (Å²) >= 11 is 0. The summed E-state index contributed by atoms with van der Waals surface area (Å²) in [6.07, 6.45) is -0.613. The van der Waals surface area contributed by atoms with E-state index in [1.165, 1.54) is 5.56 Å². The van der Waals surface area contributed by atoms with Crippen LogP contribution < -0.4 is 5.73 Å². The maximum absolute atomic E-state index is 10.4. The van der Waals surface area contributed by atoms with Crippen LogP contribution in [-0.4, -0.2) is 5.11 Å². The molecule has 0 saturated heterocycles. The Balaban J connectivity index is 2.44. The first kappa shape index (κ1) is 11.7. The van der Waals surface area contributed by atoms with E-state index in [4.69, 9.17) is 5.73 Å². The van der Waals surface area contributed by atoms with E-state index < -0.39 is 6.10 Å². The molecule has 0 radical (unpaired) electrons. The normalized spacial score (nSPS) is 12.4. The molecule has 2 rings (SSSR count). The van der Waals surface area contributed by atoms with Crippen LogP contribution in [0.3, 0.4) is 0 Å². The lowest BCUT2D eigenvalue weighted by atomic mass is 9.95. The first-order valence-electron chi connectivity index (χ1n) is 5.69. The van der Waals surface area contributed by atoms with E-state index in [0.29, 0.717) is 5.69 Å². The van der Waals surface area contributed by atoms with Gasteiger partial charge in [-0.1, -0.05) is 30.3 Å². The van der Waals surface area contributed by atoms with Crippen molar-refractivity contribution >= 4 is 5.69 Å². The Morgan fingerprint density at radius 2 is 1.76 bits per heavy atom. The first-order valence-corrected chi connectivity index (χ1v) is 5.69. The zero-order valence-corrected chi connectivity index (χ0v) is 10.1. The highest BCUT2D eigenvalue weighted by molar-refractivity contribution is 5.45. The molecule has 2 nitrogen and oxygen atoms in total. The predicted molar refractivity (Wildman–Crippen MR) is 70.8 cm³/mol. The number of nitrogen functional groups attached to an aromatic ring is 1. The summed E-state index contributed by atoms with van der Waals surface area (Å²) in [4.78, 5) is 0. The van der Waals surface area contributed by atoms with Gasteiger partial charge in [0.2, 0.25) is 0 Å². The van der Waals surface area contributed by atoms with Crippen LogP contribution in [0.25, 0.3) is 0 Å². The summed E-state index contributed by atoms with van der Waals surface area (Å²) < 4.78 is 0. The zero-order valence-electron chi connectivity index (χ0n) is 10.1. The van der Waals surface area contributed by atoms with Gasteiger partial charge in [0, 0.05) is 5.69 Å². The Hall–Kier alpha value is -1.80. The van der Waals surface area contributed by atoms with Gasteiger partial charge in [0.05, 0.1) is 0 Å². The number of aryl methyl sites for hydroxylation is 1. The molecule has 1 unspecified atom stereocenters. The molecule has 0 heterocycles. The quantitative estimate of drug-likeness (QED) is 0.775. The van der Waals surface area contributed by atoms with E-state index in [9.17, 15) is 5.11 Å². The zero-order chi connectivity index (χ0) is 12.4. The second-order valence-electron chi connectivity index (χ2n) is 4.36. The number of anilines is 1. The smallest absolute Gasteiger partial charge is 0.104 e. The van der Waals surface area contributed by atoms with Crippen molar-refractivity contribution in [1.82, 2.24) is 0 Å². The Morgan fingerprint density at radius 1 is 1.06 bits per heavy atom. The van der Waals surface area contributed by atoms with Gasteiger partial charge in [-0.2, -0.15) is 0 Å². The lowest BCUT2D eigenvalue weighted by Crippen LogP contribution is -2.03. The minimum absolute atomic E-state index is 0.613. The summed E-state index contributed by atoms with van der Waals surface area (Å²) in [5.74, 6) is 0. The molecule has 0 aliphatic carbocycles. The minimum atomic E-state index is -0.613. The minimum Gasteiger partial charge on any atom is -0.399 e. The summed E-state index contributed by atoms with van der Waals surface area (Å²) in [6.45, 7) is 4.07. The molecule has 0 aliphatic heterocycles. The second-order valence-corrected chi connectivity index (χ2v) is 4.36. The molecule has 0 aromatic heterocycles. The van der Waals surface area contributed by atoms with Crippen LogP contribution in [0.15, 0.2) is 42.5 Å². The largest absolute Gasteiger partial charge is 0.399 e. The van der Waals surface area contributed by atoms with Crippen molar-refractivity contribution in [2.75, 3.05) is 5.73 Å². The number of aliphatic hydroxyl groups excluding tert-OH is 1. The van der Waals surface area contributed by atoms with Gasteiger partial charge >= 0.3 is 0 Å². The Morgan fingerprint density at radius 3 is 2.47 bits per heavy atom. The number of nitrogens with two attached hydrogens (primary N) is 1. The van der Waals surface area contributed by atoms with Crippen molar-refractivity contribution in [3.05, 3.63) is 64.7 Å². The highest BCUT2D eigenvalue weighted by atomic mass is 16.3. The standard InChI is InChI=1S/C15H17NO/c1-10-5-3-8-14(11(10)2)15(17)12-6-4-7-13(16)9-12/h3-9,15,17H,16H2,1-2H3. The summed E-state index contributed by atoms with van der Waals surface area (Å²) in [5.41, 5.74) is 10.5. The van der Waals surface area contributed by atoms with Crippen molar-refractivity contribution in [1.29, 1.82) is 0 Å².